The molecule has 0 unspecified atom stereocenters. The van der Waals surface area contributed by atoms with Gasteiger partial charge < -0.3 is 26.8 Å². The number of carbonyl (C=O) groups excluding carboxylic acids is 2. The zero-order valence-electron chi connectivity index (χ0n) is 32.3. The average Bonchev–Trinajstić information content (AvgIpc) is 3.04. The number of quaternary nitrogens is 1. The van der Waals surface area contributed by atoms with Crippen LogP contribution in [0, 0.1) is 0 Å². The number of carbonyl (C=O) groups is 2. The highest BCUT2D eigenvalue weighted by Crippen LogP contribution is 2.14. The molecule has 0 aromatic carbocycles. The molecule has 0 aliphatic heterocycles. The molecule has 0 bridgehead atoms. The van der Waals surface area contributed by atoms with E-state index in [-0.39, 0.29) is 24.3 Å². The quantitative estimate of drug-likeness (QED) is 0.0309. The van der Waals surface area contributed by atoms with Crippen molar-refractivity contribution in [3.63, 3.8) is 0 Å². The number of hydrogen-bond acceptors (Lipinski definition) is 4. The van der Waals surface area contributed by atoms with E-state index in [1.165, 1.54) is 120 Å². The molecule has 0 radical (unpaired) electrons. The van der Waals surface area contributed by atoms with Crippen molar-refractivity contribution in [1.29, 1.82) is 0 Å². The predicted octanol–water partition coefficient (Wildman–Crippen LogP) is 8.40. The second kappa shape index (κ2) is 40.1. The molecule has 0 saturated heterocycles. The number of unbranched alkanes of at least 4 members (excludes halogenated alkanes) is 22. The molecule has 0 aliphatic rings. The van der Waals surface area contributed by atoms with E-state index in [1.807, 2.05) is 0 Å². The number of rotatable bonds is 36. The van der Waals surface area contributed by atoms with Gasteiger partial charge in [0.15, 0.2) is 0 Å². The smallest absolute Gasteiger partial charge is 0.308 e. The van der Waals surface area contributed by atoms with Gasteiger partial charge in [0.2, 0.25) is 6.29 Å². The zero-order chi connectivity index (χ0) is 34.5. The molecule has 0 atom stereocenters. The minimum atomic E-state index is -0.749. The lowest BCUT2D eigenvalue weighted by atomic mass is 10.1. The van der Waals surface area contributed by atoms with Crippen LogP contribution < -0.4 is 17.3 Å². The monoisotopic (exact) mass is 698 g/mol. The molecule has 0 aromatic rings. The average molecular weight is 699 g/mol. The molecule has 0 spiro atoms. The fraction of sp³-hybridized carbons (Fsp3) is 0.857. The van der Waals surface area contributed by atoms with Gasteiger partial charge >= 0.3 is 11.9 Å². The van der Waals surface area contributed by atoms with Crippen LogP contribution in [-0.2, 0) is 19.1 Å². The first kappa shape index (κ1) is 48.8. The number of allylic oxidation sites excluding steroid dienone is 4. The van der Waals surface area contributed by atoms with E-state index in [0.717, 1.165) is 64.3 Å². The molecule has 0 heterocycles. The Morgan fingerprint density at radius 3 is 1.12 bits per heavy atom. The molecule has 0 saturated carbocycles. The summed E-state index contributed by atoms with van der Waals surface area (Å²) in [5, 5.41) is 0. The van der Waals surface area contributed by atoms with Crippen molar-refractivity contribution in [2.24, 2.45) is 0 Å². The highest BCUT2D eigenvalue weighted by molar-refractivity contribution is 5.71. The molecule has 0 rings (SSSR count). The Balaban J connectivity index is 0. The molecule has 6 heteroatoms. The molecular weight excluding hydrogens is 618 g/mol. The van der Waals surface area contributed by atoms with Crippen LogP contribution in [0.3, 0.4) is 0 Å². The largest absolute Gasteiger partial charge is 1.00 e. The normalized spacial score (nSPS) is 11.6. The maximum absolute atomic E-state index is 12.5. The lowest BCUT2D eigenvalue weighted by Gasteiger charge is -2.19. The van der Waals surface area contributed by atoms with Gasteiger partial charge in [-0.1, -0.05) is 141 Å². The number of hydrogen-bond donors (Lipinski definition) is 1. The van der Waals surface area contributed by atoms with Gasteiger partial charge in [0.1, 0.15) is 0 Å². The van der Waals surface area contributed by atoms with E-state index in [9.17, 15) is 9.59 Å². The Kier molecular flexibility index (Phi) is 40.8. The minimum Gasteiger partial charge on any atom is -1.00 e. The zero-order valence-corrected chi connectivity index (χ0v) is 33.1. The van der Waals surface area contributed by atoms with Crippen LogP contribution >= 0.6 is 0 Å². The SMILES string of the molecule is CCCCCCCC/C=C\CCCCCCCC(=O)OC(CCC[NH+](C)C)OC(=O)CCCCCCC/C=C\CCCCCCCC.[Cl-]. The first-order chi connectivity index (χ1) is 23.0. The van der Waals surface area contributed by atoms with E-state index < -0.39 is 6.29 Å². The molecule has 284 valence electrons. The first-order valence-corrected chi connectivity index (χ1v) is 20.5. The van der Waals surface area contributed by atoms with Gasteiger partial charge in [-0.2, -0.15) is 0 Å². The summed E-state index contributed by atoms with van der Waals surface area (Å²) in [6, 6.07) is 0. The lowest BCUT2D eigenvalue weighted by molar-refractivity contribution is -0.858. The van der Waals surface area contributed by atoms with Crippen molar-refractivity contribution >= 4 is 11.9 Å². The first-order valence-electron chi connectivity index (χ1n) is 20.5. The summed E-state index contributed by atoms with van der Waals surface area (Å²) >= 11 is 0. The Labute approximate surface area is 305 Å². The van der Waals surface area contributed by atoms with Crippen molar-refractivity contribution < 1.29 is 36.4 Å². The van der Waals surface area contributed by atoms with Crippen LogP contribution in [0.5, 0.6) is 0 Å². The summed E-state index contributed by atoms with van der Waals surface area (Å²) < 4.78 is 11.3. The number of nitrogens with one attached hydrogen (secondary N) is 1. The Bertz CT molecular complexity index is 685. The number of ether oxygens (including phenoxy) is 2. The van der Waals surface area contributed by atoms with Crippen LogP contribution in [0.2, 0.25) is 0 Å². The molecule has 0 fully saturated rings. The van der Waals surface area contributed by atoms with Gasteiger partial charge in [-0.05, 0) is 64.2 Å². The van der Waals surface area contributed by atoms with Crippen LogP contribution in [-0.4, -0.2) is 38.9 Å². The molecule has 5 nitrogen and oxygen atoms in total. The van der Waals surface area contributed by atoms with E-state index in [4.69, 9.17) is 9.47 Å². The second-order valence-electron chi connectivity index (χ2n) is 14.2. The van der Waals surface area contributed by atoms with Crippen LogP contribution in [0.25, 0.3) is 0 Å². The van der Waals surface area contributed by atoms with Gasteiger partial charge in [0.25, 0.3) is 0 Å². The summed E-state index contributed by atoms with van der Waals surface area (Å²) in [4.78, 5) is 26.4. The highest BCUT2D eigenvalue weighted by atomic mass is 35.5. The molecular formula is C42H80ClNO4. The summed E-state index contributed by atoms with van der Waals surface area (Å²) in [6.07, 6.45) is 42.9. The summed E-state index contributed by atoms with van der Waals surface area (Å²) in [5.74, 6) is -0.475. The molecule has 0 aromatic heterocycles. The Morgan fingerprint density at radius 1 is 0.479 bits per heavy atom. The third-order valence-electron chi connectivity index (χ3n) is 8.93. The molecule has 0 aliphatic carbocycles. The van der Waals surface area contributed by atoms with Gasteiger partial charge in [-0.3, -0.25) is 9.59 Å². The van der Waals surface area contributed by atoms with Gasteiger partial charge in [-0.25, -0.2) is 0 Å². The lowest BCUT2D eigenvalue weighted by Crippen LogP contribution is -3.05. The maximum Gasteiger partial charge on any atom is 0.308 e. The minimum absolute atomic E-state index is 0. The van der Waals surface area contributed by atoms with Crippen molar-refractivity contribution in [2.45, 2.75) is 213 Å². The van der Waals surface area contributed by atoms with Crippen LogP contribution in [0.1, 0.15) is 206 Å². The van der Waals surface area contributed by atoms with Gasteiger partial charge in [0, 0.05) is 25.7 Å². The predicted molar refractivity (Wildman–Crippen MR) is 202 cm³/mol. The maximum atomic E-state index is 12.5. The summed E-state index contributed by atoms with van der Waals surface area (Å²) in [7, 11) is 4.21. The fourth-order valence-electron chi connectivity index (χ4n) is 5.86. The Morgan fingerprint density at radius 2 is 0.792 bits per heavy atom. The van der Waals surface area contributed by atoms with E-state index >= 15 is 0 Å². The Hall–Kier alpha value is -1.33. The van der Waals surface area contributed by atoms with E-state index in [2.05, 4.69) is 52.2 Å². The third kappa shape index (κ3) is 39.1. The van der Waals surface area contributed by atoms with E-state index in [0.29, 0.717) is 19.3 Å². The fourth-order valence-corrected chi connectivity index (χ4v) is 5.86. The van der Waals surface area contributed by atoms with Gasteiger partial charge in [0.05, 0.1) is 20.6 Å². The summed E-state index contributed by atoms with van der Waals surface area (Å²) in [5.41, 5.74) is 0. The topological polar surface area (TPSA) is 57.0 Å². The molecule has 0 amide bonds. The van der Waals surface area contributed by atoms with Crippen molar-refractivity contribution in [2.75, 3.05) is 20.6 Å². The standard InChI is InChI=1S/C42H79NO4.ClH/c1-5-7-9-11-13-15-17-19-21-23-25-27-29-31-33-36-40(44)46-42(38-35-39-43(3)4)47-41(45)37-34-32-30-28-26-24-22-20-18-16-14-12-10-8-6-2;/h19-22,42H,5-18,23-39H2,1-4H3;1H/b21-19-,22-20-;. The number of halogens is 1. The van der Waals surface area contributed by atoms with Crippen LogP contribution in [0.15, 0.2) is 24.3 Å². The van der Waals surface area contributed by atoms with E-state index in [1.54, 1.807) is 0 Å². The van der Waals surface area contributed by atoms with Crippen molar-refractivity contribution in [3.8, 4) is 0 Å². The van der Waals surface area contributed by atoms with Crippen molar-refractivity contribution in [3.05, 3.63) is 24.3 Å². The second-order valence-corrected chi connectivity index (χ2v) is 14.2. The molecule has 1 N–H and O–H groups in total. The highest BCUT2D eigenvalue weighted by Gasteiger charge is 2.19. The number of esters is 2. The molecule has 48 heavy (non-hydrogen) atoms. The third-order valence-corrected chi connectivity index (χ3v) is 8.93. The summed E-state index contributed by atoms with van der Waals surface area (Å²) in [6.45, 7) is 5.49. The van der Waals surface area contributed by atoms with Gasteiger partial charge in [-0.15, -0.1) is 0 Å². The van der Waals surface area contributed by atoms with Crippen molar-refractivity contribution in [1.82, 2.24) is 0 Å². The van der Waals surface area contributed by atoms with Crippen LogP contribution in [0.4, 0.5) is 0 Å².